The lowest BCUT2D eigenvalue weighted by molar-refractivity contribution is -0.137. The SMILES string of the molecule is O=C(COc1c(Br)cc(Br)cc1Br)N/N=C\c1ccc(-c2cccc(C(F)(F)F)c2)o1. The van der Waals surface area contributed by atoms with Gasteiger partial charge in [0, 0.05) is 10.0 Å². The molecule has 1 amide bonds. The molecule has 0 aliphatic carbocycles. The summed E-state index contributed by atoms with van der Waals surface area (Å²) in [6.07, 6.45) is -3.21. The highest BCUT2D eigenvalue weighted by atomic mass is 79.9. The lowest BCUT2D eigenvalue weighted by Crippen LogP contribution is -2.24. The van der Waals surface area contributed by atoms with Crippen molar-refractivity contribution in [3.8, 4) is 17.1 Å². The summed E-state index contributed by atoms with van der Waals surface area (Å²) in [5.41, 5.74) is 1.79. The maximum atomic E-state index is 12.9. The van der Waals surface area contributed by atoms with Crippen LogP contribution in [0.2, 0.25) is 0 Å². The number of rotatable bonds is 6. The molecule has 3 rings (SSSR count). The minimum absolute atomic E-state index is 0.243. The summed E-state index contributed by atoms with van der Waals surface area (Å²) >= 11 is 10.0. The Hall–Kier alpha value is -2.11. The van der Waals surface area contributed by atoms with E-state index in [2.05, 4.69) is 58.3 Å². The fraction of sp³-hybridized carbons (Fsp3) is 0.100. The number of benzene rings is 2. The van der Waals surface area contributed by atoms with Gasteiger partial charge in [0.05, 0.1) is 20.7 Å². The summed E-state index contributed by atoms with van der Waals surface area (Å²) < 4.78 is 51.7. The van der Waals surface area contributed by atoms with Crippen LogP contribution in [0, 0.1) is 0 Å². The number of hydrazone groups is 1. The zero-order valence-electron chi connectivity index (χ0n) is 15.3. The Bertz CT molecular complexity index is 1110. The molecule has 0 saturated carbocycles. The number of alkyl halides is 3. The molecule has 0 atom stereocenters. The molecule has 0 unspecified atom stereocenters. The number of furan rings is 1. The summed E-state index contributed by atoms with van der Waals surface area (Å²) in [6.45, 7) is -0.288. The second kappa shape index (κ2) is 10.0. The number of halogens is 6. The normalized spacial score (nSPS) is 11.7. The number of ether oxygens (including phenoxy) is 1. The van der Waals surface area contributed by atoms with Crippen LogP contribution in [0.1, 0.15) is 11.3 Å². The monoisotopic (exact) mass is 622 g/mol. The van der Waals surface area contributed by atoms with Gasteiger partial charge in [0.25, 0.3) is 5.91 Å². The van der Waals surface area contributed by atoms with E-state index in [0.29, 0.717) is 14.7 Å². The predicted octanol–water partition coefficient (Wildman–Crippen LogP) is 6.78. The molecular formula is C20H12Br3F3N2O3. The fourth-order valence-electron chi connectivity index (χ4n) is 2.43. The van der Waals surface area contributed by atoms with Crippen molar-refractivity contribution in [2.45, 2.75) is 6.18 Å². The average molecular weight is 625 g/mol. The summed E-state index contributed by atoms with van der Waals surface area (Å²) in [7, 11) is 0. The van der Waals surface area contributed by atoms with Crippen molar-refractivity contribution in [2.75, 3.05) is 6.61 Å². The van der Waals surface area contributed by atoms with Crippen LogP contribution >= 0.6 is 47.8 Å². The topological polar surface area (TPSA) is 63.8 Å². The molecule has 1 aromatic heterocycles. The Morgan fingerprint density at radius 3 is 2.48 bits per heavy atom. The van der Waals surface area contributed by atoms with Crippen LogP contribution in [-0.2, 0) is 11.0 Å². The first-order valence-corrected chi connectivity index (χ1v) is 10.9. The molecule has 0 aliphatic heterocycles. The van der Waals surface area contributed by atoms with E-state index in [-0.39, 0.29) is 23.7 Å². The van der Waals surface area contributed by atoms with Crippen LogP contribution in [0.15, 0.2) is 71.5 Å². The predicted molar refractivity (Wildman–Crippen MR) is 120 cm³/mol. The van der Waals surface area contributed by atoms with Crippen molar-refractivity contribution in [1.29, 1.82) is 0 Å². The Kier molecular flexibility index (Phi) is 7.60. The third-order valence-electron chi connectivity index (χ3n) is 3.79. The van der Waals surface area contributed by atoms with E-state index in [0.717, 1.165) is 16.6 Å². The zero-order valence-corrected chi connectivity index (χ0v) is 20.1. The van der Waals surface area contributed by atoms with Crippen molar-refractivity contribution >= 4 is 59.9 Å². The molecule has 31 heavy (non-hydrogen) atoms. The Morgan fingerprint density at radius 1 is 1.10 bits per heavy atom. The number of carbonyl (C=O) groups excluding carboxylic acids is 1. The van der Waals surface area contributed by atoms with Crippen molar-refractivity contribution < 1.29 is 27.1 Å². The first-order chi connectivity index (χ1) is 14.6. The third-order valence-corrected chi connectivity index (χ3v) is 5.43. The maximum Gasteiger partial charge on any atom is 0.416 e. The lowest BCUT2D eigenvalue weighted by Gasteiger charge is -2.09. The van der Waals surface area contributed by atoms with E-state index >= 15 is 0 Å². The van der Waals surface area contributed by atoms with Crippen LogP contribution in [0.4, 0.5) is 13.2 Å². The minimum Gasteiger partial charge on any atom is -0.481 e. The smallest absolute Gasteiger partial charge is 0.416 e. The molecule has 5 nitrogen and oxygen atoms in total. The minimum atomic E-state index is -4.44. The molecule has 162 valence electrons. The summed E-state index contributed by atoms with van der Waals surface area (Å²) in [5.74, 6) is 0.445. The van der Waals surface area contributed by atoms with Gasteiger partial charge in [-0.1, -0.05) is 28.1 Å². The molecule has 3 aromatic rings. The van der Waals surface area contributed by atoms with Crippen molar-refractivity contribution in [1.82, 2.24) is 5.43 Å². The molecule has 11 heteroatoms. The van der Waals surface area contributed by atoms with Crippen LogP contribution in [0.25, 0.3) is 11.3 Å². The summed E-state index contributed by atoms with van der Waals surface area (Å²) in [6, 6.07) is 11.4. The molecule has 0 radical (unpaired) electrons. The van der Waals surface area contributed by atoms with Crippen molar-refractivity contribution in [3.63, 3.8) is 0 Å². The summed E-state index contributed by atoms with van der Waals surface area (Å²) in [5, 5.41) is 3.77. The molecule has 1 N–H and O–H groups in total. The highest BCUT2D eigenvalue weighted by molar-refractivity contribution is 9.11. The van der Waals surface area contributed by atoms with E-state index in [1.165, 1.54) is 30.5 Å². The number of amides is 1. The maximum absolute atomic E-state index is 12.9. The molecule has 0 saturated heterocycles. The first-order valence-electron chi connectivity index (χ1n) is 8.50. The standard InChI is InChI=1S/C20H12Br3F3N2O3/c21-13-7-15(22)19(16(23)8-13)30-10-18(29)28-27-9-14-4-5-17(31-14)11-2-1-3-12(6-11)20(24,25)26/h1-9H,10H2,(H,28,29)/b27-9-. The van der Waals surface area contributed by atoms with E-state index in [9.17, 15) is 18.0 Å². The number of hydrogen-bond acceptors (Lipinski definition) is 4. The quantitative estimate of drug-likeness (QED) is 0.243. The Balaban J connectivity index is 1.58. The Labute approximate surface area is 200 Å². The molecule has 0 spiro atoms. The lowest BCUT2D eigenvalue weighted by atomic mass is 10.1. The van der Waals surface area contributed by atoms with Gasteiger partial charge in [-0.3, -0.25) is 4.79 Å². The van der Waals surface area contributed by atoms with Crippen LogP contribution < -0.4 is 10.2 Å². The van der Waals surface area contributed by atoms with Gasteiger partial charge in [-0.05, 0) is 68.3 Å². The second-order valence-electron chi connectivity index (χ2n) is 6.06. The third kappa shape index (κ3) is 6.44. The number of carbonyl (C=O) groups is 1. The van der Waals surface area contributed by atoms with E-state index in [1.54, 1.807) is 12.1 Å². The van der Waals surface area contributed by atoms with Gasteiger partial charge in [0.2, 0.25) is 0 Å². The molecule has 0 fully saturated rings. The molecule has 1 heterocycles. The number of nitrogens with one attached hydrogen (secondary N) is 1. The van der Waals surface area contributed by atoms with E-state index in [1.807, 2.05) is 0 Å². The molecule has 0 bridgehead atoms. The number of nitrogens with zero attached hydrogens (tertiary/aromatic N) is 1. The molecular weight excluding hydrogens is 613 g/mol. The number of hydrogen-bond donors (Lipinski definition) is 1. The van der Waals surface area contributed by atoms with Crippen molar-refractivity contribution in [3.05, 3.63) is 73.3 Å². The van der Waals surface area contributed by atoms with Gasteiger partial charge in [0.1, 0.15) is 17.3 Å². The van der Waals surface area contributed by atoms with E-state index in [4.69, 9.17) is 9.15 Å². The highest BCUT2D eigenvalue weighted by Crippen LogP contribution is 2.36. The highest BCUT2D eigenvalue weighted by Gasteiger charge is 2.30. The van der Waals surface area contributed by atoms with Gasteiger partial charge in [0.15, 0.2) is 6.61 Å². The second-order valence-corrected chi connectivity index (χ2v) is 8.69. The fourth-order valence-corrected chi connectivity index (χ4v) is 4.92. The van der Waals surface area contributed by atoms with Crippen LogP contribution in [0.5, 0.6) is 5.75 Å². The Morgan fingerprint density at radius 2 is 1.81 bits per heavy atom. The van der Waals surface area contributed by atoms with Gasteiger partial charge in [-0.2, -0.15) is 18.3 Å². The largest absolute Gasteiger partial charge is 0.481 e. The van der Waals surface area contributed by atoms with E-state index < -0.39 is 17.6 Å². The van der Waals surface area contributed by atoms with Gasteiger partial charge in [-0.25, -0.2) is 5.43 Å². The zero-order chi connectivity index (χ0) is 22.6. The van der Waals surface area contributed by atoms with Gasteiger partial charge >= 0.3 is 6.18 Å². The molecule has 0 aliphatic rings. The van der Waals surface area contributed by atoms with Gasteiger partial charge < -0.3 is 9.15 Å². The van der Waals surface area contributed by atoms with Crippen LogP contribution in [0.3, 0.4) is 0 Å². The molecule has 2 aromatic carbocycles. The van der Waals surface area contributed by atoms with Gasteiger partial charge in [-0.15, -0.1) is 0 Å². The van der Waals surface area contributed by atoms with Crippen LogP contribution in [-0.4, -0.2) is 18.7 Å². The summed E-state index contributed by atoms with van der Waals surface area (Å²) in [4.78, 5) is 11.9. The average Bonchev–Trinajstić information content (AvgIpc) is 3.15. The first kappa shape index (κ1) is 23.6. The van der Waals surface area contributed by atoms with Crippen molar-refractivity contribution in [2.24, 2.45) is 5.10 Å².